The van der Waals surface area contributed by atoms with E-state index in [4.69, 9.17) is 4.74 Å². The summed E-state index contributed by atoms with van der Waals surface area (Å²) in [4.78, 5) is 40.6. The molecular weight excluding hydrogens is 471 g/mol. The Morgan fingerprint density at radius 2 is 1.86 bits per heavy atom. The van der Waals surface area contributed by atoms with Crippen LogP contribution in [0, 0.1) is 3.57 Å². The Labute approximate surface area is 176 Å². The summed E-state index contributed by atoms with van der Waals surface area (Å²) in [6.07, 6.45) is 1.47. The van der Waals surface area contributed by atoms with E-state index in [1.54, 1.807) is 36.4 Å². The lowest BCUT2D eigenvalue weighted by atomic mass is 10.2. The monoisotopic (exact) mass is 490 g/mol. The normalized spacial score (nSPS) is 16.2. The Balaban J connectivity index is 1.75. The summed E-state index contributed by atoms with van der Waals surface area (Å²) >= 11 is 2.15. The van der Waals surface area contributed by atoms with Crippen LogP contribution >= 0.6 is 22.6 Å². The molecule has 1 saturated heterocycles. The molecule has 0 saturated carbocycles. The fourth-order valence-electron chi connectivity index (χ4n) is 3.01. The second-order valence-electron chi connectivity index (χ2n) is 6.20. The van der Waals surface area contributed by atoms with Crippen molar-refractivity contribution >= 4 is 46.0 Å². The molecule has 7 heteroatoms. The minimum atomic E-state index is -0.864. The van der Waals surface area contributed by atoms with Crippen molar-refractivity contribution in [3.05, 3.63) is 70.8 Å². The smallest absolute Gasteiger partial charge is 0.261 e. The van der Waals surface area contributed by atoms with E-state index in [1.165, 1.54) is 11.0 Å². The fourth-order valence-corrected chi connectivity index (χ4v) is 3.37. The molecule has 28 heavy (non-hydrogen) atoms. The number of benzene rings is 2. The zero-order valence-corrected chi connectivity index (χ0v) is 17.2. The average molecular weight is 490 g/mol. The fraction of sp³-hybridized carbons (Fsp3) is 0.190. The van der Waals surface area contributed by atoms with Crippen molar-refractivity contribution in [2.75, 3.05) is 18.1 Å². The summed E-state index contributed by atoms with van der Waals surface area (Å²) in [5.74, 6) is -0.564. The van der Waals surface area contributed by atoms with Crippen molar-refractivity contribution in [3.63, 3.8) is 0 Å². The van der Waals surface area contributed by atoms with Gasteiger partial charge in [-0.15, -0.1) is 6.58 Å². The van der Waals surface area contributed by atoms with Crippen LogP contribution in [0.3, 0.4) is 0 Å². The molecule has 6 nitrogen and oxygen atoms in total. The Morgan fingerprint density at radius 1 is 1.18 bits per heavy atom. The van der Waals surface area contributed by atoms with Crippen LogP contribution in [-0.4, -0.2) is 41.8 Å². The molecule has 0 aliphatic carbocycles. The maximum absolute atomic E-state index is 12.9. The highest BCUT2D eigenvalue weighted by Crippen LogP contribution is 2.26. The zero-order chi connectivity index (χ0) is 20.1. The van der Waals surface area contributed by atoms with Gasteiger partial charge in [0.05, 0.1) is 12.1 Å². The molecule has 0 bridgehead atoms. The first-order valence-corrected chi connectivity index (χ1v) is 9.79. The standard InChI is InChI=1S/C21H19IN2O4/c1-2-12-23(20(26)14-28-17-6-4-3-5-7-17)18-13-19(25)24(21(18)27)16-10-8-15(22)9-11-16/h2-11,18H,1,12-14H2. The molecular formula is C21H19IN2O4. The van der Waals surface area contributed by atoms with Gasteiger partial charge in [0.25, 0.3) is 11.8 Å². The number of anilines is 1. The van der Waals surface area contributed by atoms with Crippen molar-refractivity contribution in [3.8, 4) is 5.75 Å². The maximum Gasteiger partial charge on any atom is 0.261 e. The van der Waals surface area contributed by atoms with E-state index in [0.717, 1.165) is 8.47 Å². The highest BCUT2D eigenvalue weighted by Gasteiger charge is 2.44. The van der Waals surface area contributed by atoms with Crippen molar-refractivity contribution in [1.82, 2.24) is 4.90 Å². The molecule has 144 valence electrons. The number of amides is 3. The molecule has 1 atom stereocenters. The van der Waals surface area contributed by atoms with Crippen LogP contribution < -0.4 is 9.64 Å². The van der Waals surface area contributed by atoms with E-state index in [2.05, 4.69) is 29.2 Å². The predicted octanol–water partition coefficient (Wildman–Crippen LogP) is 3.02. The molecule has 1 fully saturated rings. The second-order valence-corrected chi connectivity index (χ2v) is 7.45. The number of hydrogen-bond acceptors (Lipinski definition) is 4. The molecule has 0 N–H and O–H groups in total. The Hall–Kier alpha value is -2.68. The average Bonchev–Trinajstić information content (AvgIpc) is 2.99. The summed E-state index contributed by atoms with van der Waals surface area (Å²) < 4.78 is 6.50. The van der Waals surface area contributed by atoms with Crippen LogP contribution in [0.5, 0.6) is 5.75 Å². The third kappa shape index (κ3) is 4.41. The van der Waals surface area contributed by atoms with Gasteiger partial charge < -0.3 is 9.64 Å². The molecule has 0 radical (unpaired) electrons. The molecule has 1 aliphatic heterocycles. The number of para-hydroxylation sites is 1. The minimum Gasteiger partial charge on any atom is -0.484 e. The van der Waals surface area contributed by atoms with Gasteiger partial charge in [0.2, 0.25) is 5.91 Å². The summed E-state index contributed by atoms with van der Waals surface area (Å²) in [5.41, 5.74) is 0.504. The van der Waals surface area contributed by atoms with E-state index in [9.17, 15) is 14.4 Å². The molecule has 3 rings (SSSR count). The molecule has 2 aromatic rings. The third-order valence-corrected chi connectivity index (χ3v) is 5.05. The molecule has 0 spiro atoms. The van der Waals surface area contributed by atoms with Crippen LogP contribution in [0.1, 0.15) is 6.42 Å². The third-order valence-electron chi connectivity index (χ3n) is 4.34. The number of rotatable bonds is 7. The first-order chi connectivity index (χ1) is 13.5. The molecule has 1 heterocycles. The van der Waals surface area contributed by atoms with Crippen molar-refractivity contribution in [2.45, 2.75) is 12.5 Å². The lowest BCUT2D eigenvalue weighted by Crippen LogP contribution is -2.47. The van der Waals surface area contributed by atoms with Crippen molar-refractivity contribution in [1.29, 1.82) is 0 Å². The second kappa shape index (κ2) is 9.01. The van der Waals surface area contributed by atoms with Gasteiger partial charge in [-0.1, -0.05) is 24.3 Å². The first kappa shape index (κ1) is 20.1. The van der Waals surface area contributed by atoms with Gasteiger partial charge in [-0.3, -0.25) is 14.4 Å². The van der Waals surface area contributed by atoms with Crippen molar-refractivity contribution in [2.24, 2.45) is 0 Å². The zero-order valence-electron chi connectivity index (χ0n) is 15.1. The number of nitrogens with zero attached hydrogens (tertiary/aromatic N) is 2. The van der Waals surface area contributed by atoms with Gasteiger partial charge in [0.1, 0.15) is 11.8 Å². The van der Waals surface area contributed by atoms with Crippen LogP contribution in [0.4, 0.5) is 5.69 Å². The summed E-state index contributed by atoms with van der Waals surface area (Å²) in [6.45, 7) is 3.59. The van der Waals surface area contributed by atoms with Crippen LogP contribution in [0.25, 0.3) is 0 Å². The van der Waals surface area contributed by atoms with Crippen LogP contribution in [-0.2, 0) is 14.4 Å². The van der Waals surface area contributed by atoms with E-state index in [-0.39, 0.29) is 31.4 Å². The van der Waals surface area contributed by atoms with Crippen LogP contribution in [0.2, 0.25) is 0 Å². The highest BCUT2D eigenvalue weighted by atomic mass is 127. The summed E-state index contributed by atoms with van der Waals surface area (Å²) in [7, 11) is 0. The summed E-state index contributed by atoms with van der Waals surface area (Å²) in [5, 5.41) is 0. The van der Waals surface area contributed by atoms with Gasteiger partial charge in [0, 0.05) is 10.1 Å². The minimum absolute atomic E-state index is 0.0598. The van der Waals surface area contributed by atoms with Crippen LogP contribution in [0.15, 0.2) is 67.3 Å². The molecule has 1 aliphatic rings. The Morgan fingerprint density at radius 3 is 2.50 bits per heavy atom. The molecule has 3 amide bonds. The highest BCUT2D eigenvalue weighted by molar-refractivity contribution is 14.1. The van der Waals surface area contributed by atoms with Gasteiger partial charge in [0.15, 0.2) is 6.61 Å². The van der Waals surface area contributed by atoms with E-state index < -0.39 is 11.9 Å². The van der Waals surface area contributed by atoms with E-state index in [1.807, 2.05) is 18.2 Å². The number of imide groups is 1. The first-order valence-electron chi connectivity index (χ1n) is 8.72. The number of ether oxygens (including phenoxy) is 1. The molecule has 0 aromatic heterocycles. The predicted molar refractivity (Wildman–Crippen MR) is 114 cm³/mol. The number of halogens is 1. The van der Waals surface area contributed by atoms with Gasteiger partial charge in [-0.05, 0) is 59.0 Å². The van der Waals surface area contributed by atoms with Crippen molar-refractivity contribution < 1.29 is 19.1 Å². The Kier molecular flexibility index (Phi) is 6.45. The van der Waals surface area contributed by atoms with E-state index in [0.29, 0.717) is 11.4 Å². The SMILES string of the molecule is C=CCN(C(=O)COc1ccccc1)C1CC(=O)N(c2ccc(I)cc2)C1=O. The Bertz CT molecular complexity index is 883. The van der Waals surface area contributed by atoms with Gasteiger partial charge >= 0.3 is 0 Å². The molecule has 2 aromatic carbocycles. The lowest BCUT2D eigenvalue weighted by molar-refractivity contribution is -0.139. The quantitative estimate of drug-likeness (QED) is 0.340. The van der Waals surface area contributed by atoms with E-state index >= 15 is 0 Å². The molecule has 1 unspecified atom stereocenters. The van der Waals surface area contributed by atoms with Gasteiger partial charge in [-0.2, -0.15) is 0 Å². The number of carbonyl (C=O) groups excluding carboxylic acids is 3. The number of carbonyl (C=O) groups is 3. The largest absolute Gasteiger partial charge is 0.484 e. The topological polar surface area (TPSA) is 66.9 Å². The maximum atomic E-state index is 12.9. The van der Waals surface area contributed by atoms with Gasteiger partial charge in [-0.25, -0.2) is 4.90 Å². The lowest BCUT2D eigenvalue weighted by Gasteiger charge is -2.26. The summed E-state index contributed by atoms with van der Waals surface area (Å²) in [6, 6.07) is 15.2. The number of hydrogen-bond donors (Lipinski definition) is 0.